The van der Waals surface area contributed by atoms with Crippen LogP contribution in [0, 0.1) is 0 Å². The molecule has 154 valence electrons. The Bertz CT molecular complexity index is 640. The molecule has 0 unspecified atom stereocenters. The molecule has 2 amide bonds. The fourth-order valence-electron chi connectivity index (χ4n) is 4.54. The second-order valence-electron chi connectivity index (χ2n) is 8.02. The average Bonchev–Trinajstić information content (AvgIpc) is 3.27. The van der Waals surface area contributed by atoms with Crippen LogP contribution in [0.2, 0.25) is 0 Å². The summed E-state index contributed by atoms with van der Waals surface area (Å²) in [6.07, 6.45) is 4.78. The van der Waals surface area contributed by atoms with Crippen LogP contribution in [0.5, 0.6) is 0 Å². The maximum Gasteiger partial charge on any atom is 0.237 e. The minimum Gasteiger partial charge on any atom is -0.358 e. The van der Waals surface area contributed by atoms with Crippen molar-refractivity contribution in [3.63, 3.8) is 0 Å². The van der Waals surface area contributed by atoms with E-state index in [1.807, 2.05) is 4.90 Å². The largest absolute Gasteiger partial charge is 0.358 e. The van der Waals surface area contributed by atoms with Crippen LogP contribution in [0.3, 0.4) is 0 Å². The molecule has 2 heterocycles. The number of nitrogens with one attached hydrogen (secondary N) is 1. The zero-order valence-electron chi connectivity index (χ0n) is 16.2. The Hall–Kier alpha value is -1.19. The molecule has 27 heavy (non-hydrogen) atoms. The minimum absolute atomic E-state index is 0.00868. The molecular formula is C18H32N4O4S. The van der Waals surface area contributed by atoms with Crippen molar-refractivity contribution in [3.8, 4) is 0 Å². The summed E-state index contributed by atoms with van der Waals surface area (Å²) in [7, 11) is -1.37. The topological polar surface area (TPSA) is 90.0 Å². The zero-order chi connectivity index (χ0) is 19.4. The molecule has 2 aliphatic heterocycles. The van der Waals surface area contributed by atoms with Gasteiger partial charge in [-0.2, -0.15) is 0 Å². The molecule has 0 spiro atoms. The highest BCUT2D eigenvalue weighted by molar-refractivity contribution is 7.91. The highest BCUT2D eigenvalue weighted by atomic mass is 32.2. The average molecular weight is 401 g/mol. The Morgan fingerprint density at radius 3 is 2.07 bits per heavy atom. The van der Waals surface area contributed by atoms with Gasteiger partial charge in [0.05, 0.1) is 24.6 Å². The third-order valence-electron chi connectivity index (χ3n) is 6.08. The van der Waals surface area contributed by atoms with E-state index in [0.29, 0.717) is 19.5 Å². The van der Waals surface area contributed by atoms with E-state index in [-0.39, 0.29) is 35.4 Å². The fraction of sp³-hybridized carbons (Fsp3) is 0.889. The number of rotatable bonds is 6. The van der Waals surface area contributed by atoms with E-state index in [9.17, 15) is 18.0 Å². The van der Waals surface area contributed by atoms with Gasteiger partial charge in [-0.05, 0) is 19.3 Å². The second kappa shape index (κ2) is 8.87. The number of sulfone groups is 1. The standard InChI is InChI=1S/C18H32N4O4S/c1-19-17(23)12-20-7-9-21(10-8-20)13-18(24)22(15-4-2-3-5-15)16-6-11-27(25,26)14-16/h15-16H,2-14H2,1H3,(H,19,23)/t16-/m0/s1. The lowest BCUT2D eigenvalue weighted by Gasteiger charge is -2.38. The maximum absolute atomic E-state index is 13.1. The molecule has 3 aliphatic rings. The van der Waals surface area contributed by atoms with Crippen LogP contribution < -0.4 is 5.32 Å². The number of carbonyl (C=O) groups excluding carboxylic acids is 2. The molecule has 0 bridgehead atoms. The molecule has 1 aliphatic carbocycles. The third-order valence-corrected chi connectivity index (χ3v) is 7.83. The zero-order valence-corrected chi connectivity index (χ0v) is 17.0. The molecule has 0 aromatic rings. The van der Waals surface area contributed by atoms with Crippen molar-refractivity contribution in [1.29, 1.82) is 0 Å². The van der Waals surface area contributed by atoms with Crippen molar-refractivity contribution < 1.29 is 18.0 Å². The van der Waals surface area contributed by atoms with Crippen LogP contribution >= 0.6 is 0 Å². The Morgan fingerprint density at radius 2 is 1.56 bits per heavy atom. The van der Waals surface area contributed by atoms with Gasteiger partial charge in [0.2, 0.25) is 11.8 Å². The van der Waals surface area contributed by atoms with Gasteiger partial charge in [-0.15, -0.1) is 0 Å². The first-order chi connectivity index (χ1) is 12.9. The van der Waals surface area contributed by atoms with Crippen LogP contribution in [0.1, 0.15) is 32.1 Å². The Kier molecular flexibility index (Phi) is 6.75. The number of amides is 2. The number of hydrogen-bond donors (Lipinski definition) is 1. The molecular weight excluding hydrogens is 368 g/mol. The lowest BCUT2D eigenvalue weighted by molar-refractivity contribution is -0.137. The first-order valence-corrected chi connectivity index (χ1v) is 11.9. The van der Waals surface area contributed by atoms with E-state index in [1.54, 1.807) is 7.05 Å². The Morgan fingerprint density at radius 1 is 0.963 bits per heavy atom. The molecule has 0 aromatic heterocycles. The van der Waals surface area contributed by atoms with E-state index in [2.05, 4.69) is 15.1 Å². The lowest BCUT2D eigenvalue weighted by Crippen LogP contribution is -2.54. The molecule has 0 radical (unpaired) electrons. The van der Waals surface area contributed by atoms with Gasteiger partial charge in [0.25, 0.3) is 0 Å². The summed E-state index contributed by atoms with van der Waals surface area (Å²) >= 11 is 0. The highest BCUT2D eigenvalue weighted by Gasteiger charge is 2.39. The lowest BCUT2D eigenvalue weighted by atomic mass is 10.1. The van der Waals surface area contributed by atoms with Crippen molar-refractivity contribution in [2.75, 3.05) is 57.8 Å². The first-order valence-electron chi connectivity index (χ1n) is 10.0. The number of likely N-dealkylation sites (N-methyl/N-ethyl adjacent to an activating group) is 1. The predicted octanol–water partition coefficient (Wildman–Crippen LogP) is -0.692. The smallest absolute Gasteiger partial charge is 0.237 e. The monoisotopic (exact) mass is 400 g/mol. The number of piperazine rings is 1. The van der Waals surface area contributed by atoms with Gasteiger partial charge < -0.3 is 10.2 Å². The maximum atomic E-state index is 13.1. The van der Waals surface area contributed by atoms with Crippen LogP contribution in [0.25, 0.3) is 0 Å². The van der Waals surface area contributed by atoms with Crippen molar-refractivity contribution in [2.24, 2.45) is 0 Å². The van der Waals surface area contributed by atoms with E-state index >= 15 is 0 Å². The van der Waals surface area contributed by atoms with Gasteiger partial charge in [-0.3, -0.25) is 19.4 Å². The van der Waals surface area contributed by atoms with E-state index in [0.717, 1.165) is 51.9 Å². The molecule has 1 saturated carbocycles. The highest BCUT2D eigenvalue weighted by Crippen LogP contribution is 2.29. The molecule has 1 N–H and O–H groups in total. The van der Waals surface area contributed by atoms with Crippen molar-refractivity contribution in [2.45, 2.75) is 44.2 Å². The number of nitrogens with zero attached hydrogens (tertiary/aromatic N) is 3. The van der Waals surface area contributed by atoms with Gasteiger partial charge in [0, 0.05) is 45.3 Å². The summed E-state index contributed by atoms with van der Waals surface area (Å²) in [6, 6.07) is 0.0467. The van der Waals surface area contributed by atoms with Gasteiger partial charge in [0.1, 0.15) is 0 Å². The Labute approximate surface area is 162 Å². The molecule has 1 atom stereocenters. The minimum atomic E-state index is -3.01. The van der Waals surface area contributed by atoms with E-state index < -0.39 is 9.84 Å². The van der Waals surface area contributed by atoms with Crippen LogP contribution in [-0.4, -0.2) is 105 Å². The van der Waals surface area contributed by atoms with Gasteiger partial charge >= 0.3 is 0 Å². The summed E-state index contributed by atoms with van der Waals surface area (Å²) in [5.74, 6) is 0.403. The van der Waals surface area contributed by atoms with E-state index in [1.165, 1.54) is 0 Å². The molecule has 2 saturated heterocycles. The normalized spacial score (nSPS) is 26.9. The number of hydrogen-bond acceptors (Lipinski definition) is 6. The van der Waals surface area contributed by atoms with Gasteiger partial charge in [-0.1, -0.05) is 12.8 Å². The molecule has 9 heteroatoms. The van der Waals surface area contributed by atoms with Crippen molar-refractivity contribution in [1.82, 2.24) is 20.0 Å². The first kappa shape index (κ1) is 20.5. The second-order valence-corrected chi connectivity index (χ2v) is 10.3. The summed E-state index contributed by atoms with van der Waals surface area (Å²) in [6.45, 7) is 3.78. The predicted molar refractivity (Wildman–Crippen MR) is 103 cm³/mol. The van der Waals surface area contributed by atoms with Crippen LogP contribution in [0.4, 0.5) is 0 Å². The molecule has 0 aromatic carbocycles. The fourth-order valence-corrected chi connectivity index (χ4v) is 6.25. The van der Waals surface area contributed by atoms with Crippen molar-refractivity contribution in [3.05, 3.63) is 0 Å². The quantitative estimate of drug-likeness (QED) is 0.635. The molecule has 3 rings (SSSR count). The Balaban J connectivity index is 1.56. The third kappa shape index (κ3) is 5.42. The van der Waals surface area contributed by atoms with Crippen molar-refractivity contribution >= 4 is 21.7 Å². The van der Waals surface area contributed by atoms with Crippen LogP contribution in [-0.2, 0) is 19.4 Å². The summed E-state index contributed by atoms with van der Waals surface area (Å²) < 4.78 is 23.9. The number of carbonyl (C=O) groups is 2. The molecule has 3 fully saturated rings. The van der Waals surface area contributed by atoms with Gasteiger partial charge in [0.15, 0.2) is 9.84 Å². The van der Waals surface area contributed by atoms with Gasteiger partial charge in [-0.25, -0.2) is 8.42 Å². The molecule has 8 nitrogen and oxygen atoms in total. The summed E-state index contributed by atoms with van der Waals surface area (Å²) in [5, 5.41) is 2.64. The van der Waals surface area contributed by atoms with E-state index in [4.69, 9.17) is 0 Å². The SMILES string of the molecule is CNC(=O)CN1CCN(CC(=O)N(C2CCCC2)[C@H]2CCS(=O)(=O)C2)CC1. The summed E-state index contributed by atoms with van der Waals surface area (Å²) in [5.41, 5.74) is 0. The summed E-state index contributed by atoms with van der Waals surface area (Å²) in [4.78, 5) is 30.8. The van der Waals surface area contributed by atoms with Crippen LogP contribution in [0.15, 0.2) is 0 Å².